The summed E-state index contributed by atoms with van der Waals surface area (Å²) in [5, 5.41) is 5.04. The van der Waals surface area contributed by atoms with E-state index in [0.717, 1.165) is 17.8 Å². The molecule has 0 unspecified atom stereocenters. The molecule has 0 spiro atoms. The molecule has 0 amide bonds. The summed E-state index contributed by atoms with van der Waals surface area (Å²) in [6, 6.07) is 4.03. The highest BCUT2D eigenvalue weighted by atomic mass is 19.4. The summed E-state index contributed by atoms with van der Waals surface area (Å²) < 4.78 is 53.6. The van der Waals surface area contributed by atoms with Crippen LogP contribution >= 0.6 is 0 Å². The number of nitrogens with one attached hydrogen (secondary N) is 3. The average Bonchev–Trinajstić information content (AvgIpc) is 2.92. The summed E-state index contributed by atoms with van der Waals surface area (Å²) in [5.41, 5.74) is 4.50. The van der Waals surface area contributed by atoms with Crippen LogP contribution < -0.4 is 16.3 Å². The number of piperidine rings is 1. The number of nitrogens with zero attached hydrogens (tertiary/aromatic N) is 1. The maximum Gasteiger partial charge on any atom is 0.416 e. The van der Waals surface area contributed by atoms with Gasteiger partial charge in [-0.1, -0.05) is 12.1 Å². The van der Waals surface area contributed by atoms with E-state index in [0.29, 0.717) is 0 Å². The van der Waals surface area contributed by atoms with Crippen molar-refractivity contribution in [2.75, 3.05) is 7.05 Å². The van der Waals surface area contributed by atoms with Crippen molar-refractivity contribution in [1.82, 2.24) is 21.3 Å². The Hall–Kier alpha value is -1.80. The third kappa shape index (κ3) is 3.34. The van der Waals surface area contributed by atoms with E-state index in [1.54, 1.807) is 5.01 Å². The molecule has 24 heavy (non-hydrogen) atoms. The van der Waals surface area contributed by atoms with E-state index in [1.807, 2.05) is 20.2 Å². The quantitative estimate of drug-likeness (QED) is 0.722. The second-order valence-electron chi connectivity index (χ2n) is 6.50. The molecule has 1 aromatic rings. The number of halogens is 4. The van der Waals surface area contributed by atoms with E-state index >= 15 is 4.39 Å². The molecule has 1 aromatic carbocycles. The number of rotatable bonds is 2. The molecule has 1 fully saturated rings. The van der Waals surface area contributed by atoms with Gasteiger partial charge in [0.25, 0.3) is 0 Å². The number of hydrogen-bond acceptors (Lipinski definition) is 4. The Labute approximate surface area is 137 Å². The number of hydrazine groups is 2. The highest BCUT2D eigenvalue weighted by Crippen LogP contribution is 2.41. The fraction of sp³-hybridized carbons (Fsp3) is 0.500. The average molecular weight is 344 g/mol. The van der Waals surface area contributed by atoms with Gasteiger partial charge in [0.2, 0.25) is 0 Å². The summed E-state index contributed by atoms with van der Waals surface area (Å²) in [5.74, 6) is 0. The van der Waals surface area contributed by atoms with E-state index < -0.39 is 17.4 Å². The minimum absolute atomic E-state index is 0.107. The maximum atomic E-state index is 15.6. The Bertz CT molecular complexity index is 628. The van der Waals surface area contributed by atoms with Crippen molar-refractivity contribution in [3.05, 3.63) is 47.3 Å². The van der Waals surface area contributed by atoms with Gasteiger partial charge >= 0.3 is 6.18 Å². The van der Waals surface area contributed by atoms with Crippen molar-refractivity contribution >= 4 is 0 Å². The van der Waals surface area contributed by atoms with Gasteiger partial charge in [-0.05, 0) is 24.6 Å². The van der Waals surface area contributed by atoms with Crippen LogP contribution in [-0.4, -0.2) is 24.1 Å². The second-order valence-corrected chi connectivity index (χ2v) is 6.50. The Morgan fingerprint density at radius 3 is 2.38 bits per heavy atom. The molecule has 0 aromatic heterocycles. The summed E-state index contributed by atoms with van der Waals surface area (Å²) in [4.78, 5) is 0. The third-order valence-electron chi connectivity index (χ3n) is 4.46. The van der Waals surface area contributed by atoms with E-state index in [-0.39, 0.29) is 30.5 Å². The Morgan fingerprint density at radius 1 is 1.17 bits per heavy atom. The van der Waals surface area contributed by atoms with Crippen molar-refractivity contribution in [3.63, 3.8) is 0 Å². The van der Waals surface area contributed by atoms with Gasteiger partial charge in [-0.25, -0.2) is 4.39 Å². The van der Waals surface area contributed by atoms with E-state index in [9.17, 15) is 13.2 Å². The van der Waals surface area contributed by atoms with Gasteiger partial charge in [-0.2, -0.15) is 13.2 Å². The normalized spacial score (nSPS) is 30.9. The number of alkyl halides is 4. The molecule has 2 heterocycles. The largest absolute Gasteiger partial charge is 0.416 e. The van der Waals surface area contributed by atoms with Crippen LogP contribution in [-0.2, 0) is 11.8 Å². The zero-order chi connectivity index (χ0) is 17.5. The molecule has 1 saturated heterocycles. The molecule has 0 aliphatic carbocycles. The van der Waals surface area contributed by atoms with Gasteiger partial charge in [-0.3, -0.25) is 5.01 Å². The Balaban J connectivity index is 1.84. The van der Waals surface area contributed by atoms with Gasteiger partial charge < -0.3 is 10.7 Å². The van der Waals surface area contributed by atoms with E-state index in [4.69, 9.17) is 0 Å². The molecule has 8 heteroatoms. The van der Waals surface area contributed by atoms with Crippen LogP contribution in [0.3, 0.4) is 0 Å². The lowest BCUT2D eigenvalue weighted by Gasteiger charge is -2.40. The summed E-state index contributed by atoms with van der Waals surface area (Å²) in [6.45, 7) is 1.87. The smallest absolute Gasteiger partial charge is 0.306 e. The van der Waals surface area contributed by atoms with Crippen LogP contribution in [0, 0.1) is 0 Å². The first kappa shape index (κ1) is 17.0. The summed E-state index contributed by atoms with van der Waals surface area (Å²) in [6.07, 6.45) is -2.23. The van der Waals surface area contributed by atoms with Crippen molar-refractivity contribution in [1.29, 1.82) is 0 Å². The maximum absolute atomic E-state index is 15.6. The van der Waals surface area contributed by atoms with Crippen molar-refractivity contribution < 1.29 is 17.6 Å². The first-order chi connectivity index (χ1) is 11.2. The molecular weight excluding hydrogens is 324 g/mol. The topological polar surface area (TPSA) is 39.3 Å². The van der Waals surface area contributed by atoms with Crippen LogP contribution in [0.2, 0.25) is 0 Å². The van der Waals surface area contributed by atoms with Crippen LogP contribution in [0.25, 0.3) is 0 Å². The lowest BCUT2D eigenvalue weighted by Crippen LogP contribution is -2.52. The summed E-state index contributed by atoms with van der Waals surface area (Å²) in [7, 11) is 1.81. The van der Waals surface area contributed by atoms with Crippen molar-refractivity contribution in [2.24, 2.45) is 0 Å². The first-order valence-electron chi connectivity index (χ1n) is 7.76. The van der Waals surface area contributed by atoms with Gasteiger partial charge in [0.1, 0.15) is 5.67 Å². The zero-order valence-corrected chi connectivity index (χ0v) is 13.4. The van der Waals surface area contributed by atoms with Crippen LogP contribution in [0.4, 0.5) is 17.6 Å². The molecule has 2 aliphatic heterocycles. The van der Waals surface area contributed by atoms with E-state index in [1.165, 1.54) is 12.1 Å². The predicted octanol–water partition coefficient (Wildman–Crippen LogP) is 2.81. The molecule has 132 valence electrons. The molecule has 4 nitrogen and oxygen atoms in total. The van der Waals surface area contributed by atoms with Crippen molar-refractivity contribution in [2.45, 2.75) is 43.7 Å². The Kier molecular flexibility index (Phi) is 4.21. The SMILES string of the molecule is C[C@H]1C[C@@](F)(c2ccc(C(F)(F)F)cc2)C[C@@H](C2=CN(C)NN2)N1. The minimum Gasteiger partial charge on any atom is -0.306 e. The molecule has 3 N–H and O–H groups in total. The molecule has 3 rings (SSSR count). The number of hydrogen-bond donors (Lipinski definition) is 3. The molecule has 0 bridgehead atoms. The zero-order valence-electron chi connectivity index (χ0n) is 13.4. The van der Waals surface area contributed by atoms with Gasteiger partial charge in [0.15, 0.2) is 0 Å². The fourth-order valence-electron chi connectivity index (χ4n) is 3.35. The van der Waals surface area contributed by atoms with Gasteiger partial charge in [0, 0.05) is 32.1 Å². The lowest BCUT2D eigenvalue weighted by atomic mass is 9.79. The van der Waals surface area contributed by atoms with Crippen LogP contribution in [0.1, 0.15) is 30.9 Å². The molecule has 0 saturated carbocycles. The van der Waals surface area contributed by atoms with E-state index in [2.05, 4.69) is 16.3 Å². The second kappa shape index (κ2) is 5.93. The minimum atomic E-state index is -4.42. The number of benzene rings is 1. The standard InChI is InChI=1S/C16H20F4N4/c1-10-7-15(17,8-13(21-10)14-9-24(2)23-22-14)11-3-5-12(6-4-11)16(18,19)20/h3-6,9-10,13,21-23H,7-8H2,1-2H3/t10-,13-,15-/m0/s1. The van der Waals surface area contributed by atoms with Gasteiger partial charge in [-0.15, -0.1) is 5.53 Å². The van der Waals surface area contributed by atoms with Crippen LogP contribution in [0.15, 0.2) is 36.2 Å². The predicted molar refractivity (Wildman–Crippen MR) is 82.0 cm³/mol. The summed E-state index contributed by atoms with van der Waals surface area (Å²) >= 11 is 0. The monoisotopic (exact) mass is 344 g/mol. The van der Waals surface area contributed by atoms with Crippen LogP contribution in [0.5, 0.6) is 0 Å². The Morgan fingerprint density at radius 2 is 1.83 bits per heavy atom. The highest BCUT2D eigenvalue weighted by molar-refractivity contribution is 5.31. The first-order valence-corrected chi connectivity index (χ1v) is 7.76. The molecular formula is C16H20F4N4. The molecule has 3 atom stereocenters. The van der Waals surface area contributed by atoms with Gasteiger partial charge in [0.05, 0.1) is 17.3 Å². The lowest BCUT2D eigenvalue weighted by molar-refractivity contribution is -0.137. The molecule has 2 aliphatic rings. The highest BCUT2D eigenvalue weighted by Gasteiger charge is 2.43. The fourth-order valence-corrected chi connectivity index (χ4v) is 3.35. The van der Waals surface area contributed by atoms with Crippen molar-refractivity contribution in [3.8, 4) is 0 Å². The third-order valence-corrected chi connectivity index (χ3v) is 4.46. The molecule has 0 radical (unpaired) electrons.